The molecule has 0 aliphatic heterocycles. The normalized spacial score (nSPS) is 16.0. The third kappa shape index (κ3) is 12.7. The zero-order chi connectivity index (χ0) is 30.4. The molecular formula is C26H45ClO9Si3. The fourth-order valence-electron chi connectivity index (χ4n) is 3.48. The van der Waals surface area contributed by atoms with Crippen LogP contribution < -0.4 is 4.74 Å². The summed E-state index contributed by atoms with van der Waals surface area (Å²) in [5, 5.41) is 0.513. The molecule has 4 atom stereocenters. The van der Waals surface area contributed by atoms with Gasteiger partial charge in [0.05, 0.1) is 7.11 Å². The molecule has 9 nitrogen and oxygen atoms in total. The molecule has 0 saturated carbocycles. The fourth-order valence-corrected chi connectivity index (χ4v) is 6.77. The Bertz CT molecular complexity index is 967. The van der Waals surface area contributed by atoms with Crippen LogP contribution in [0, 0.1) is 0 Å². The second kappa shape index (κ2) is 13.9. The maximum atomic E-state index is 13.5. The second-order valence-electron chi connectivity index (χ2n) is 12.6. The predicted molar refractivity (Wildman–Crippen MR) is 159 cm³/mol. The molecule has 1 aromatic rings. The van der Waals surface area contributed by atoms with Gasteiger partial charge in [0.25, 0.3) is 0 Å². The first-order chi connectivity index (χ1) is 17.6. The van der Waals surface area contributed by atoms with Gasteiger partial charge in [-0.2, -0.15) is 0 Å². The molecule has 0 saturated heterocycles. The molecule has 39 heavy (non-hydrogen) atoms. The molecule has 0 radical (unpaired) electrons. The molecule has 0 fully saturated rings. The largest absolute Gasteiger partial charge is 0.476 e. The van der Waals surface area contributed by atoms with Crippen molar-refractivity contribution < 1.29 is 41.9 Å². The van der Waals surface area contributed by atoms with Crippen LogP contribution in [0.15, 0.2) is 24.3 Å². The Kier molecular flexibility index (Phi) is 12.6. The molecule has 0 N–H and O–H groups in total. The van der Waals surface area contributed by atoms with Crippen LogP contribution in [0.25, 0.3) is 0 Å². The summed E-state index contributed by atoms with van der Waals surface area (Å²) in [4.78, 5) is 39.0. The number of carbonyl (C=O) groups excluding carboxylic acids is 3. The van der Waals surface area contributed by atoms with Crippen molar-refractivity contribution in [2.45, 2.75) is 103 Å². The topological polar surface area (TPSA) is 107 Å². The van der Waals surface area contributed by atoms with E-state index in [0.29, 0.717) is 17.1 Å². The number of aldehydes is 1. The zero-order valence-electron chi connectivity index (χ0n) is 25.2. The molecule has 0 aliphatic rings. The minimum atomic E-state index is -2.43. The number of carbonyl (C=O) groups is 3. The lowest BCUT2D eigenvalue weighted by atomic mass is 10.0. The van der Waals surface area contributed by atoms with Crippen LogP contribution in [-0.2, 0) is 37.1 Å². The van der Waals surface area contributed by atoms with E-state index in [9.17, 15) is 14.4 Å². The highest BCUT2D eigenvalue weighted by Crippen LogP contribution is 2.28. The van der Waals surface area contributed by atoms with Crippen molar-refractivity contribution in [3.8, 4) is 5.75 Å². The van der Waals surface area contributed by atoms with E-state index in [0.717, 1.165) is 0 Å². The summed E-state index contributed by atoms with van der Waals surface area (Å²) < 4.78 is 35.8. The third-order valence-corrected chi connectivity index (χ3v) is 8.08. The molecule has 0 heterocycles. The van der Waals surface area contributed by atoms with Gasteiger partial charge in [-0.1, -0.05) is 11.6 Å². The zero-order valence-corrected chi connectivity index (χ0v) is 29.0. The van der Waals surface area contributed by atoms with Gasteiger partial charge < -0.3 is 32.3 Å². The highest BCUT2D eigenvalue weighted by molar-refractivity contribution is 6.70. The molecule has 13 heteroatoms. The fraction of sp³-hybridized carbons (Fsp3) is 0.654. The molecule has 1 rings (SSSR count). The SMILES string of the molecule is COC(=O)[C@@H](OC(=O)C(C)(C)Oc1ccc(Cl)cc1)[C@@H](O[Si](C)(C)C)[C@H](O[Si](C)(C)C)[C@H](C=O)O[Si](C)(C)C. The monoisotopic (exact) mass is 620 g/mol. The van der Waals surface area contributed by atoms with Crippen molar-refractivity contribution in [1.82, 2.24) is 0 Å². The van der Waals surface area contributed by atoms with Gasteiger partial charge >= 0.3 is 11.9 Å². The minimum Gasteiger partial charge on any atom is -0.476 e. The van der Waals surface area contributed by atoms with Crippen molar-refractivity contribution in [1.29, 1.82) is 0 Å². The lowest BCUT2D eigenvalue weighted by molar-refractivity contribution is -0.188. The highest BCUT2D eigenvalue weighted by Gasteiger charge is 2.49. The summed E-state index contributed by atoms with van der Waals surface area (Å²) in [5.41, 5.74) is -1.50. The van der Waals surface area contributed by atoms with Gasteiger partial charge in [0.2, 0.25) is 6.10 Å². The van der Waals surface area contributed by atoms with Gasteiger partial charge in [-0.3, -0.25) is 0 Å². The van der Waals surface area contributed by atoms with Crippen LogP contribution in [0.4, 0.5) is 0 Å². The Morgan fingerprint density at radius 2 is 1.28 bits per heavy atom. The van der Waals surface area contributed by atoms with Gasteiger partial charge in [0, 0.05) is 5.02 Å². The summed E-state index contributed by atoms with van der Waals surface area (Å²) in [5.74, 6) is -1.30. The van der Waals surface area contributed by atoms with E-state index >= 15 is 0 Å². The second-order valence-corrected chi connectivity index (χ2v) is 26.5. The Balaban J connectivity index is 3.58. The van der Waals surface area contributed by atoms with Crippen LogP contribution in [-0.4, -0.2) is 80.3 Å². The Hall–Kier alpha value is -1.55. The standard InChI is InChI=1S/C26H45ClO9Si3/c1-26(2,33-19-15-13-18(27)14-16-19)25(30)32-23(24(29)31-3)22(36-39(10,11)12)21(35-38(7,8)9)20(17-28)34-37(4,5)6/h13-17,20-23H,1-12H3/t20-,21+,22-,23-/m0/s1. The highest BCUT2D eigenvalue weighted by atomic mass is 35.5. The summed E-state index contributed by atoms with van der Waals surface area (Å²) in [6.45, 7) is 20.5. The van der Waals surface area contributed by atoms with Gasteiger partial charge in [-0.05, 0) is 97.0 Å². The van der Waals surface area contributed by atoms with E-state index < -0.39 is 66.9 Å². The van der Waals surface area contributed by atoms with Gasteiger partial charge in [-0.15, -0.1) is 0 Å². The van der Waals surface area contributed by atoms with E-state index in [-0.39, 0.29) is 0 Å². The molecule has 1 aromatic carbocycles. The van der Waals surface area contributed by atoms with E-state index in [2.05, 4.69) is 0 Å². The minimum absolute atomic E-state index is 0.385. The first-order valence-electron chi connectivity index (χ1n) is 12.8. The van der Waals surface area contributed by atoms with E-state index in [1.54, 1.807) is 24.3 Å². The predicted octanol–water partition coefficient (Wildman–Crippen LogP) is 5.44. The summed E-state index contributed by atoms with van der Waals surface area (Å²) >= 11 is 5.95. The number of halogens is 1. The van der Waals surface area contributed by atoms with Crippen LogP contribution in [0.2, 0.25) is 63.9 Å². The number of ether oxygens (including phenoxy) is 3. The molecule has 0 amide bonds. The average Bonchev–Trinajstić information content (AvgIpc) is 2.77. The molecular weight excluding hydrogens is 576 g/mol. The Morgan fingerprint density at radius 1 is 0.821 bits per heavy atom. The van der Waals surface area contributed by atoms with Crippen LogP contribution in [0.5, 0.6) is 5.75 Å². The summed E-state index contributed by atoms with van der Waals surface area (Å²) in [6, 6.07) is 6.49. The molecule has 0 spiro atoms. The molecule has 0 aromatic heterocycles. The van der Waals surface area contributed by atoms with Gasteiger partial charge in [0.1, 0.15) is 30.3 Å². The maximum absolute atomic E-state index is 13.5. The van der Waals surface area contributed by atoms with Gasteiger partial charge in [-0.25, -0.2) is 9.59 Å². The maximum Gasteiger partial charge on any atom is 0.350 e. The van der Waals surface area contributed by atoms with Crippen LogP contribution in [0.1, 0.15) is 13.8 Å². The third-order valence-electron chi connectivity index (χ3n) is 4.89. The Labute approximate surface area is 241 Å². The van der Waals surface area contributed by atoms with E-state index in [4.69, 9.17) is 39.1 Å². The number of hydrogen-bond donors (Lipinski definition) is 0. The number of hydrogen-bond acceptors (Lipinski definition) is 9. The number of esters is 2. The summed E-state index contributed by atoms with van der Waals surface area (Å²) in [6.07, 6.45) is -4.18. The van der Waals surface area contributed by atoms with Crippen molar-refractivity contribution in [3.05, 3.63) is 29.3 Å². The van der Waals surface area contributed by atoms with Crippen molar-refractivity contribution in [2.75, 3.05) is 7.11 Å². The lowest BCUT2D eigenvalue weighted by Crippen LogP contribution is -2.60. The first-order valence-corrected chi connectivity index (χ1v) is 23.4. The molecule has 0 unspecified atom stereocenters. The quantitative estimate of drug-likeness (QED) is 0.144. The van der Waals surface area contributed by atoms with E-state index in [1.807, 2.05) is 58.9 Å². The van der Waals surface area contributed by atoms with E-state index in [1.165, 1.54) is 21.0 Å². The average molecular weight is 621 g/mol. The Morgan fingerprint density at radius 3 is 1.69 bits per heavy atom. The van der Waals surface area contributed by atoms with Gasteiger partial charge in [0.15, 0.2) is 30.6 Å². The molecule has 222 valence electrons. The van der Waals surface area contributed by atoms with Crippen molar-refractivity contribution >= 4 is 54.8 Å². The summed E-state index contributed by atoms with van der Waals surface area (Å²) in [7, 11) is -5.85. The van der Waals surface area contributed by atoms with Crippen molar-refractivity contribution in [2.24, 2.45) is 0 Å². The number of benzene rings is 1. The first kappa shape index (κ1) is 35.5. The molecule has 0 aliphatic carbocycles. The lowest BCUT2D eigenvalue weighted by Gasteiger charge is -2.42. The van der Waals surface area contributed by atoms with Crippen molar-refractivity contribution in [3.63, 3.8) is 0 Å². The smallest absolute Gasteiger partial charge is 0.350 e. The van der Waals surface area contributed by atoms with Crippen LogP contribution >= 0.6 is 11.6 Å². The molecule has 0 bridgehead atoms. The number of methoxy groups -OCH3 is 1. The van der Waals surface area contributed by atoms with Crippen LogP contribution in [0.3, 0.4) is 0 Å². The number of rotatable bonds is 15.